The minimum Gasteiger partial charge on any atom is -0.342 e. The Labute approximate surface area is 188 Å². The first-order valence-electron chi connectivity index (χ1n) is 11.6. The maximum Gasteiger partial charge on any atom is 0.253 e. The summed E-state index contributed by atoms with van der Waals surface area (Å²) in [6.07, 6.45) is 4.99. The summed E-state index contributed by atoms with van der Waals surface area (Å²) in [4.78, 5) is 29.7. The molecule has 1 aromatic heterocycles. The summed E-state index contributed by atoms with van der Waals surface area (Å²) in [5.41, 5.74) is 3.64. The van der Waals surface area contributed by atoms with Crippen molar-refractivity contribution in [1.29, 1.82) is 0 Å². The number of aromatic nitrogens is 3. The minimum atomic E-state index is 0.0478. The van der Waals surface area contributed by atoms with Crippen molar-refractivity contribution in [3.05, 3.63) is 59.7 Å². The molecular weight excluding hydrogens is 402 g/mol. The van der Waals surface area contributed by atoms with Crippen LogP contribution in [0.15, 0.2) is 48.5 Å². The molecule has 0 spiro atoms. The summed E-state index contributed by atoms with van der Waals surface area (Å²) >= 11 is 0. The van der Waals surface area contributed by atoms with E-state index in [1.807, 2.05) is 63.0 Å². The lowest BCUT2D eigenvalue weighted by Crippen LogP contribution is -2.45. The second-order valence-corrected chi connectivity index (χ2v) is 8.89. The van der Waals surface area contributed by atoms with E-state index in [0.717, 1.165) is 55.4 Å². The van der Waals surface area contributed by atoms with Gasteiger partial charge in [0.2, 0.25) is 5.91 Å². The van der Waals surface area contributed by atoms with E-state index in [0.29, 0.717) is 31.1 Å². The molecule has 0 unspecified atom stereocenters. The largest absolute Gasteiger partial charge is 0.342 e. The first kappa shape index (κ1) is 20.7. The lowest BCUT2D eigenvalue weighted by atomic mass is 9.94. The first-order chi connectivity index (χ1) is 15.7. The number of rotatable bonds is 4. The number of benzene rings is 2. The van der Waals surface area contributed by atoms with Crippen LogP contribution in [0.5, 0.6) is 0 Å². The van der Waals surface area contributed by atoms with Crippen LogP contribution in [0.4, 0.5) is 0 Å². The van der Waals surface area contributed by atoms with Gasteiger partial charge in [-0.3, -0.25) is 9.59 Å². The summed E-state index contributed by atoms with van der Waals surface area (Å²) in [6.45, 7) is 3.70. The molecule has 2 aliphatic rings. The Balaban J connectivity index is 1.18. The molecule has 0 radical (unpaired) electrons. The van der Waals surface area contributed by atoms with Crippen molar-refractivity contribution < 1.29 is 9.59 Å². The lowest BCUT2D eigenvalue weighted by Gasteiger charge is -2.35. The SMILES string of the molecule is O=C(c1ccc(Cn2nnc3ccccc32)cc1)N1CCC(C(=O)N2CCCCC2)CC1. The van der Waals surface area contributed by atoms with Crippen LogP contribution in [0.1, 0.15) is 48.0 Å². The zero-order valence-corrected chi connectivity index (χ0v) is 18.3. The highest BCUT2D eigenvalue weighted by Crippen LogP contribution is 2.23. The quantitative estimate of drug-likeness (QED) is 0.635. The van der Waals surface area contributed by atoms with Gasteiger partial charge < -0.3 is 9.80 Å². The van der Waals surface area contributed by atoms with E-state index in [9.17, 15) is 9.59 Å². The van der Waals surface area contributed by atoms with Crippen LogP contribution in [0, 0.1) is 5.92 Å². The Hall–Kier alpha value is -3.22. The highest BCUT2D eigenvalue weighted by atomic mass is 16.2. The fourth-order valence-electron chi connectivity index (χ4n) is 4.84. The number of hydrogen-bond acceptors (Lipinski definition) is 4. The maximum atomic E-state index is 13.0. The van der Waals surface area contributed by atoms with Gasteiger partial charge in [0.15, 0.2) is 0 Å². The molecule has 2 aromatic carbocycles. The third-order valence-electron chi connectivity index (χ3n) is 6.75. The highest BCUT2D eigenvalue weighted by Gasteiger charge is 2.31. The maximum absolute atomic E-state index is 13.0. The van der Waals surface area contributed by atoms with Gasteiger partial charge in [0.1, 0.15) is 5.52 Å². The van der Waals surface area contributed by atoms with Crippen LogP contribution < -0.4 is 0 Å². The summed E-state index contributed by atoms with van der Waals surface area (Å²) in [5.74, 6) is 0.408. The molecule has 2 saturated heterocycles. The van der Waals surface area contributed by atoms with Crippen molar-refractivity contribution in [2.24, 2.45) is 5.92 Å². The van der Waals surface area contributed by atoms with Gasteiger partial charge in [-0.2, -0.15) is 0 Å². The molecule has 32 heavy (non-hydrogen) atoms. The second kappa shape index (κ2) is 9.10. The smallest absolute Gasteiger partial charge is 0.253 e. The van der Waals surface area contributed by atoms with E-state index in [1.54, 1.807) is 0 Å². The fourth-order valence-corrected chi connectivity index (χ4v) is 4.84. The number of carbonyl (C=O) groups is 2. The zero-order chi connectivity index (χ0) is 21.9. The van der Waals surface area contributed by atoms with Gasteiger partial charge in [-0.1, -0.05) is 29.5 Å². The van der Waals surface area contributed by atoms with Crippen LogP contribution in [0.2, 0.25) is 0 Å². The van der Waals surface area contributed by atoms with Crippen molar-refractivity contribution in [2.45, 2.75) is 38.6 Å². The second-order valence-electron chi connectivity index (χ2n) is 8.89. The number of nitrogens with zero attached hydrogens (tertiary/aromatic N) is 5. The van der Waals surface area contributed by atoms with E-state index in [-0.39, 0.29) is 11.8 Å². The fraction of sp³-hybridized carbons (Fsp3) is 0.440. The average Bonchev–Trinajstić information content (AvgIpc) is 3.27. The molecule has 7 nitrogen and oxygen atoms in total. The van der Waals surface area contributed by atoms with E-state index in [4.69, 9.17) is 0 Å². The summed E-state index contributed by atoms with van der Waals surface area (Å²) < 4.78 is 1.87. The topological polar surface area (TPSA) is 71.3 Å². The van der Waals surface area contributed by atoms with Gasteiger partial charge in [0.05, 0.1) is 12.1 Å². The van der Waals surface area contributed by atoms with Gasteiger partial charge in [0, 0.05) is 37.7 Å². The lowest BCUT2D eigenvalue weighted by molar-refractivity contribution is -0.137. The predicted octanol–water partition coefficient (Wildman–Crippen LogP) is 3.34. The van der Waals surface area contributed by atoms with E-state index < -0.39 is 0 Å². The standard InChI is InChI=1S/C25H29N5O2/c31-24(29-16-12-21(13-17-29)25(32)28-14-4-1-5-15-28)20-10-8-19(9-11-20)18-30-23-7-3-2-6-22(23)26-27-30/h2-3,6-11,21H,1,4-5,12-18H2. The molecule has 2 amide bonds. The predicted molar refractivity (Wildman–Crippen MR) is 122 cm³/mol. The molecule has 5 rings (SSSR count). The monoisotopic (exact) mass is 431 g/mol. The molecule has 0 aliphatic carbocycles. The molecule has 0 N–H and O–H groups in total. The number of fused-ring (bicyclic) bond motifs is 1. The van der Waals surface area contributed by atoms with Gasteiger partial charge in [0.25, 0.3) is 5.91 Å². The summed E-state index contributed by atoms with van der Waals surface area (Å²) in [6, 6.07) is 15.6. The number of carbonyl (C=O) groups excluding carboxylic acids is 2. The van der Waals surface area contributed by atoms with Gasteiger partial charge >= 0.3 is 0 Å². The molecule has 7 heteroatoms. The van der Waals surface area contributed by atoms with Crippen LogP contribution in [0.3, 0.4) is 0 Å². The van der Waals surface area contributed by atoms with Crippen molar-refractivity contribution in [3.63, 3.8) is 0 Å². The molecule has 3 aromatic rings. The number of hydrogen-bond donors (Lipinski definition) is 0. The third-order valence-corrected chi connectivity index (χ3v) is 6.75. The van der Waals surface area contributed by atoms with Crippen LogP contribution >= 0.6 is 0 Å². The molecule has 0 atom stereocenters. The number of piperidine rings is 2. The van der Waals surface area contributed by atoms with Gasteiger partial charge in [-0.05, 0) is 61.9 Å². The molecular formula is C25H29N5O2. The van der Waals surface area contributed by atoms with E-state index in [2.05, 4.69) is 10.3 Å². The average molecular weight is 432 g/mol. The zero-order valence-electron chi connectivity index (χ0n) is 18.3. The van der Waals surface area contributed by atoms with Crippen LogP contribution in [0.25, 0.3) is 11.0 Å². The number of para-hydroxylation sites is 1. The molecule has 2 aliphatic heterocycles. The van der Waals surface area contributed by atoms with Crippen LogP contribution in [-0.2, 0) is 11.3 Å². The Morgan fingerprint density at radius 1 is 0.844 bits per heavy atom. The number of likely N-dealkylation sites (tertiary alicyclic amines) is 2. The first-order valence-corrected chi connectivity index (χ1v) is 11.6. The van der Waals surface area contributed by atoms with Crippen LogP contribution in [-0.4, -0.2) is 62.8 Å². The normalized spacial score (nSPS) is 17.6. The third kappa shape index (κ3) is 4.24. The number of amides is 2. The van der Waals surface area contributed by atoms with Crippen molar-refractivity contribution in [2.75, 3.05) is 26.2 Å². The summed E-state index contributed by atoms with van der Waals surface area (Å²) in [5, 5.41) is 8.43. The van der Waals surface area contributed by atoms with Crippen molar-refractivity contribution in [3.8, 4) is 0 Å². The Kier molecular flexibility index (Phi) is 5.88. The van der Waals surface area contributed by atoms with Crippen molar-refractivity contribution in [1.82, 2.24) is 24.8 Å². The molecule has 2 fully saturated rings. The van der Waals surface area contributed by atoms with Gasteiger partial charge in [-0.15, -0.1) is 5.10 Å². The molecule has 166 valence electrons. The van der Waals surface area contributed by atoms with E-state index in [1.165, 1.54) is 6.42 Å². The Morgan fingerprint density at radius 2 is 1.56 bits per heavy atom. The van der Waals surface area contributed by atoms with Gasteiger partial charge in [-0.25, -0.2) is 4.68 Å². The van der Waals surface area contributed by atoms with E-state index >= 15 is 0 Å². The molecule has 0 saturated carbocycles. The van der Waals surface area contributed by atoms with Crippen molar-refractivity contribution >= 4 is 22.8 Å². The highest BCUT2D eigenvalue weighted by molar-refractivity contribution is 5.94. The minimum absolute atomic E-state index is 0.0478. The molecule has 3 heterocycles. The molecule has 0 bridgehead atoms. The summed E-state index contributed by atoms with van der Waals surface area (Å²) in [7, 11) is 0. The Morgan fingerprint density at radius 3 is 2.31 bits per heavy atom. The Bertz CT molecular complexity index is 1090.